The number of nitrogens with one attached hydrogen (secondary N) is 1. The molecular weight excluding hydrogens is 224 g/mol. The Morgan fingerprint density at radius 1 is 1.39 bits per heavy atom. The quantitative estimate of drug-likeness (QED) is 0.857. The van der Waals surface area contributed by atoms with Gasteiger partial charge in [0, 0.05) is 6.54 Å². The maximum Gasteiger partial charge on any atom is 0.144 e. The minimum absolute atomic E-state index is 0.334. The highest BCUT2D eigenvalue weighted by Crippen LogP contribution is 2.68. The van der Waals surface area contributed by atoms with Crippen LogP contribution in [0.5, 0.6) is 0 Å². The van der Waals surface area contributed by atoms with E-state index in [0.29, 0.717) is 33.8 Å². The molecule has 18 heavy (non-hydrogen) atoms. The molecule has 1 aliphatic carbocycles. The van der Waals surface area contributed by atoms with Gasteiger partial charge in [-0.05, 0) is 22.8 Å². The second-order valence-corrected chi connectivity index (χ2v) is 6.15. The van der Waals surface area contributed by atoms with Crippen LogP contribution >= 0.6 is 0 Å². The molecule has 3 N–H and O–H groups in total. The Hall–Kier alpha value is -1.76. The van der Waals surface area contributed by atoms with Gasteiger partial charge in [-0.1, -0.05) is 27.7 Å². The van der Waals surface area contributed by atoms with E-state index in [1.54, 1.807) is 12.3 Å². The highest BCUT2D eigenvalue weighted by Gasteiger charge is 2.64. The Morgan fingerprint density at radius 3 is 2.50 bits per heavy atom. The fourth-order valence-electron chi connectivity index (χ4n) is 2.75. The van der Waals surface area contributed by atoms with E-state index in [2.05, 4.69) is 44.1 Å². The Kier molecular flexibility index (Phi) is 2.73. The second-order valence-electron chi connectivity index (χ2n) is 6.15. The summed E-state index contributed by atoms with van der Waals surface area (Å²) in [6.45, 7) is 9.95. The number of nitrogens with two attached hydrogens (primary N) is 1. The largest absolute Gasteiger partial charge is 0.397 e. The van der Waals surface area contributed by atoms with E-state index in [1.807, 2.05) is 0 Å². The molecule has 1 aromatic heterocycles. The Balaban J connectivity index is 2.07. The summed E-state index contributed by atoms with van der Waals surface area (Å²) in [5.74, 6) is 1.22. The van der Waals surface area contributed by atoms with E-state index in [-0.39, 0.29) is 0 Å². The van der Waals surface area contributed by atoms with Crippen molar-refractivity contribution in [1.29, 1.82) is 5.26 Å². The van der Waals surface area contributed by atoms with Gasteiger partial charge in [0.2, 0.25) is 0 Å². The lowest BCUT2D eigenvalue weighted by atomic mass is 10.0. The maximum atomic E-state index is 9.04. The second kappa shape index (κ2) is 3.88. The predicted octanol–water partition coefficient (Wildman–Crippen LogP) is 2.63. The number of hydrogen-bond acceptors (Lipinski definition) is 4. The molecule has 1 heterocycles. The lowest BCUT2D eigenvalue weighted by Crippen LogP contribution is -2.10. The molecule has 4 nitrogen and oxygen atoms in total. The van der Waals surface area contributed by atoms with Gasteiger partial charge in [-0.3, -0.25) is 0 Å². The van der Waals surface area contributed by atoms with Crippen molar-refractivity contribution in [3.8, 4) is 6.07 Å². The van der Waals surface area contributed by atoms with Crippen molar-refractivity contribution in [1.82, 2.24) is 4.98 Å². The third-order valence-electron chi connectivity index (χ3n) is 4.82. The molecule has 1 aliphatic rings. The lowest BCUT2D eigenvalue weighted by molar-refractivity contribution is 0.457. The van der Waals surface area contributed by atoms with Crippen LogP contribution in [-0.2, 0) is 0 Å². The Morgan fingerprint density at radius 2 is 2.00 bits per heavy atom. The third-order valence-corrected chi connectivity index (χ3v) is 4.82. The molecule has 0 radical (unpaired) electrons. The number of rotatable bonds is 3. The van der Waals surface area contributed by atoms with E-state index in [1.165, 1.54) is 0 Å². The smallest absolute Gasteiger partial charge is 0.144 e. The van der Waals surface area contributed by atoms with Crippen LogP contribution in [0.15, 0.2) is 12.3 Å². The zero-order chi connectivity index (χ0) is 13.6. The normalized spacial score (nSPS) is 20.2. The van der Waals surface area contributed by atoms with Crippen molar-refractivity contribution >= 4 is 11.5 Å². The summed E-state index contributed by atoms with van der Waals surface area (Å²) >= 11 is 0. The molecule has 1 fully saturated rings. The van der Waals surface area contributed by atoms with Gasteiger partial charge in [0.25, 0.3) is 0 Å². The van der Waals surface area contributed by atoms with Crippen molar-refractivity contribution < 1.29 is 0 Å². The summed E-state index contributed by atoms with van der Waals surface area (Å²) in [5, 5.41) is 12.3. The standard InChI is InChI=1S/C14H20N4/c1-13(2)11(14(13,3)4)8-18-12-9(6-15)5-10(16)7-17-12/h5,7,11H,8,16H2,1-4H3,(H,17,18). The van der Waals surface area contributed by atoms with E-state index in [0.717, 1.165) is 6.54 Å². The van der Waals surface area contributed by atoms with E-state index >= 15 is 0 Å². The molecule has 0 amide bonds. The number of nitrogens with zero attached hydrogens (tertiary/aromatic N) is 2. The van der Waals surface area contributed by atoms with Crippen molar-refractivity contribution in [2.24, 2.45) is 16.7 Å². The fraction of sp³-hybridized carbons (Fsp3) is 0.571. The first-order valence-corrected chi connectivity index (χ1v) is 6.20. The first-order chi connectivity index (χ1) is 8.30. The first kappa shape index (κ1) is 12.7. The van der Waals surface area contributed by atoms with Crippen LogP contribution in [0.4, 0.5) is 11.5 Å². The SMILES string of the molecule is CC1(C)C(CNc2ncc(N)cc2C#N)C1(C)C. The molecule has 96 valence electrons. The van der Waals surface area contributed by atoms with Crippen LogP contribution in [0.1, 0.15) is 33.3 Å². The number of nitriles is 1. The molecule has 2 rings (SSSR count). The van der Waals surface area contributed by atoms with Gasteiger partial charge in [0.1, 0.15) is 11.9 Å². The number of pyridine rings is 1. The van der Waals surface area contributed by atoms with Crippen molar-refractivity contribution in [3.63, 3.8) is 0 Å². The van der Waals surface area contributed by atoms with Gasteiger partial charge in [0.15, 0.2) is 0 Å². The van der Waals surface area contributed by atoms with Crippen molar-refractivity contribution in [2.45, 2.75) is 27.7 Å². The molecular formula is C14H20N4. The number of hydrogen-bond donors (Lipinski definition) is 2. The number of aromatic nitrogens is 1. The lowest BCUT2D eigenvalue weighted by Gasteiger charge is -2.08. The molecule has 1 saturated carbocycles. The van der Waals surface area contributed by atoms with Crippen LogP contribution < -0.4 is 11.1 Å². The average Bonchev–Trinajstić information content (AvgIpc) is 2.68. The molecule has 0 bridgehead atoms. The van der Waals surface area contributed by atoms with E-state index in [4.69, 9.17) is 11.0 Å². The predicted molar refractivity (Wildman–Crippen MR) is 72.9 cm³/mol. The van der Waals surface area contributed by atoms with Gasteiger partial charge in [0.05, 0.1) is 17.4 Å². The minimum atomic E-state index is 0.334. The molecule has 0 aromatic carbocycles. The molecule has 0 aliphatic heterocycles. The Bertz CT molecular complexity index is 497. The van der Waals surface area contributed by atoms with Gasteiger partial charge in [-0.15, -0.1) is 0 Å². The van der Waals surface area contributed by atoms with Crippen LogP contribution in [0, 0.1) is 28.1 Å². The molecule has 0 saturated heterocycles. The van der Waals surface area contributed by atoms with Gasteiger partial charge >= 0.3 is 0 Å². The van der Waals surface area contributed by atoms with Gasteiger partial charge in [-0.25, -0.2) is 4.98 Å². The fourth-order valence-corrected chi connectivity index (χ4v) is 2.75. The molecule has 0 atom stereocenters. The third kappa shape index (κ3) is 1.80. The van der Waals surface area contributed by atoms with E-state index < -0.39 is 0 Å². The zero-order valence-corrected chi connectivity index (χ0v) is 11.4. The summed E-state index contributed by atoms with van der Waals surface area (Å²) in [6, 6.07) is 3.77. The molecule has 4 heteroatoms. The van der Waals surface area contributed by atoms with Crippen molar-refractivity contribution in [3.05, 3.63) is 17.8 Å². The van der Waals surface area contributed by atoms with E-state index in [9.17, 15) is 0 Å². The Labute approximate surface area is 108 Å². The summed E-state index contributed by atoms with van der Waals surface area (Å²) < 4.78 is 0. The average molecular weight is 244 g/mol. The topological polar surface area (TPSA) is 74.7 Å². The molecule has 0 unspecified atom stereocenters. The van der Waals surface area contributed by atoms with Gasteiger partial charge in [-0.2, -0.15) is 5.26 Å². The van der Waals surface area contributed by atoms with Crippen molar-refractivity contribution in [2.75, 3.05) is 17.6 Å². The summed E-state index contributed by atoms with van der Waals surface area (Å²) in [6.07, 6.45) is 1.58. The summed E-state index contributed by atoms with van der Waals surface area (Å²) in [5.41, 5.74) is 7.31. The number of nitrogen functional groups attached to an aromatic ring is 1. The molecule has 1 aromatic rings. The monoisotopic (exact) mass is 244 g/mol. The van der Waals surface area contributed by atoms with Gasteiger partial charge < -0.3 is 11.1 Å². The van der Waals surface area contributed by atoms with Crippen LogP contribution in [-0.4, -0.2) is 11.5 Å². The summed E-state index contributed by atoms with van der Waals surface area (Å²) in [4.78, 5) is 4.19. The zero-order valence-electron chi connectivity index (χ0n) is 11.4. The highest BCUT2D eigenvalue weighted by atomic mass is 15.0. The summed E-state index contributed by atoms with van der Waals surface area (Å²) in [7, 11) is 0. The van der Waals surface area contributed by atoms with Crippen LogP contribution in [0.3, 0.4) is 0 Å². The molecule has 0 spiro atoms. The van der Waals surface area contributed by atoms with Crippen LogP contribution in [0.2, 0.25) is 0 Å². The minimum Gasteiger partial charge on any atom is -0.397 e. The highest BCUT2D eigenvalue weighted by molar-refractivity contribution is 5.57. The number of anilines is 2. The first-order valence-electron chi connectivity index (χ1n) is 6.20. The van der Waals surface area contributed by atoms with Crippen LogP contribution in [0.25, 0.3) is 0 Å². The maximum absolute atomic E-state index is 9.04.